The molecule has 0 fully saturated rings. The highest BCUT2D eigenvalue weighted by atomic mass is 32.2. The Hall–Kier alpha value is -1.01. The van der Waals surface area contributed by atoms with E-state index in [4.69, 9.17) is 10.8 Å². The van der Waals surface area contributed by atoms with Crippen molar-refractivity contribution in [3.8, 4) is 0 Å². The van der Waals surface area contributed by atoms with Crippen molar-refractivity contribution in [1.82, 2.24) is 5.32 Å². The van der Waals surface area contributed by atoms with E-state index in [0.717, 1.165) is 0 Å². The van der Waals surface area contributed by atoms with E-state index in [2.05, 4.69) is 11.9 Å². The number of carboxylic acid groups (broad SMARTS) is 1. The number of nitrogens with one attached hydrogen (secondary N) is 1. The largest absolute Gasteiger partial charge is 0.480 e. The molecule has 0 saturated carbocycles. The van der Waals surface area contributed by atoms with Crippen LogP contribution in [-0.2, 0) is 9.59 Å². The predicted octanol–water partition coefficient (Wildman–Crippen LogP) is 0.601. The highest BCUT2D eigenvalue weighted by Gasteiger charge is 2.35. The molecule has 2 atom stereocenters. The van der Waals surface area contributed by atoms with Gasteiger partial charge in [-0.25, -0.2) is 0 Å². The maximum Gasteiger partial charge on any atom is 0.321 e. The fourth-order valence-corrected chi connectivity index (χ4v) is 2.55. The van der Waals surface area contributed by atoms with Crippen LogP contribution in [0.15, 0.2) is 12.7 Å². The topological polar surface area (TPSA) is 92.4 Å². The van der Waals surface area contributed by atoms with E-state index >= 15 is 0 Å². The molecule has 0 aromatic heterocycles. The Kier molecular flexibility index (Phi) is 6.26. The minimum absolute atomic E-state index is 0.152. The Bertz CT molecular complexity index is 305. The van der Waals surface area contributed by atoms with Gasteiger partial charge in [-0.1, -0.05) is 6.08 Å². The average molecular weight is 260 g/mol. The van der Waals surface area contributed by atoms with Crippen molar-refractivity contribution in [3.63, 3.8) is 0 Å². The summed E-state index contributed by atoms with van der Waals surface area (Å²) in [5.41, 5.74) is 5.57. The number of nitrogens with two attached hydrogens (primary N) is 1. The molecular formula is C11H20N2O3S. The molecule has 0 aliphatic rings. The minimum Gasteiger partial charge on any atom is -0.480 e. The Balaban J connectivity index is 4.44. The zero-order chi connectivity index (χ0) is 13.6. The van der Waals surface area contributed by atoms with E-state index in [0.29, 0.717) is 6.54 Å². The van der Waals surface area contributed by atoms with Crippen LogP contribution in [0.4, 0.5) is 0 Å². The van der Waals surface area contributed by atoms with Crippen LogP contribution in [0.2, 0.25) is 0 Å². The third-order valence-corrected chi connectivity index (χ3v) is 3.71. The summed E-state index contributed by atoms with van der Waals surface area (Å²) in [7, 11) is 0. The highest BCUT2D eigenvalue weighted by molar-refractivity contribution is 8.02. The number of hydrogen-bond acceptors (Lipinski definition) is 4. The molecule has 98 valence electrons. The molecule has 0 aliphatic heterocycles. The molecule has 0 saturated heterocycles. The predicted molar refractivity (Wildman–Crippen MR) is 69.9 cm³/mol. The van der Waals surface area contributed by atoms with Crippen molar-refractivity contribution in [3.05, 3.63) is 12.7 Å². The Morgan fingerprint density at radius 1 is 1.59 bits per heavy atom. The monoisotopic (exact) mass is 260 g/mol. The lowest BCUT2D eigenvalue weighted by Gasteiger charge is -2.30. The molecule has 1 amide bonds. The highest BCUT2D eigenvalue weighted by Crippen LogP contribution is 2.31. The van der Waals surface area contributed by atoms with E-state index < -0.39 is 16.8 Å². The first-order chi connectivity index (χ1) is 7.72. The zero-order valence-corrected chi connectivity index (χ0v) is 11.2. The lowest BCUT2D eigenvalue weighted by Crippen LogP contribution is -2.48. The van der Waals surface area contributed by atoms with Gasteiger partial charge in [0, 0.05) is 11.3 Å². The van der Waals surface area contributed by atoms with Crippen molar-refractivity contribution in [2.45, 2.75) is 36.8 Å². The molecule has 0 aromatic carbocycles. The lowest BCUT2D eigenvalue weighted by atomic mass is 10.1. The van der Waals surface area contributed by atoms with E-state index in [1.807, 2.05) is 0 Å². The van der Waals surface area contributed by atoms with Crippen LogP contribution in [0.1, 0.15) is 20.8 Å². The molecule has 0 spiro atoms. The molecule has 0 rings (SSSR count). The molecule has 6 heteroatoms. The number of amides is 1. The molecule has 17 heavy (non-hydrogen) atoms. The van der Waals surface area contributed by atoms with Crippen LogP contribution in [0, 0.1) is 0 Å². The molecule has 1 unspecified atom stereocenters. The van der Waals surface area contributed by atoms with Crippen molar-refractivity contribution in [2.24, 2.45) is 5.73 Å². The second kappa shape index (κ2) is 6.66. The quantitative estimate of drug-likeness (QED) is 0.583. The maximum absolute atomic E-state index is 11.6. The summed E-state index contributed by atoms with van der Waals surface area (Å²) in [6.45, 7) is 9.05. The molecule has 0 aliphatic carbocycles. The molecule has 0 radical (unpaired) electrons. The zero-order valence-electron chi connectivity index (χ0n) is 10.4. The van der Waals surface area contributed by atoms with Gasteiger partial charge in [-0.2, -0.15) is 0 Å². The first kappa shape index (κ1) is 16.0. The second-order valence-electron chi connectivity index (χ2n) is 4.21. The normalized spacial score (nSPS) is 14.8. The van der Waals surface area contributed by atoms with Gasteiger partial charge in [-0.3, -0.25) is 9.59 Å². The summed E-state index contributed by atoms with van der Waals surface area (Å²) in [5, 5.41) is 11.1. The third kappa shape index (κ3) is 5.23. The molecule has 0 bridgehead atoms. The van der Waals surface area contributed by atoms with Crippen LogP contribution in [0.5, 0.6) is 0 Å². The Labute approximate surface area is 106 Å². The molecule has 4 N–H and O–H groups in total. The van der Waals surface area contributed by atoms with Crippen LogP contribution in [-0.4, -0.2) is 39.6 Å². The first-order valence-corrected chi connectivity index (χ1v) is 6.15. The van der Waals surface area contributed by atoms with Gasteiger partial charge in [-0.15, -0.1) is 18.3 Å². The number of aliphatic carboxylic acids is 1. The fraction of sp³-hybridized carbons (Fsp3) is 0.636. The van der Waals surface area contributed by atoms with Crippen molar-refractivity contribution < 1.29 is 14.7 Å². The molecular weight excluding hydrogens is 240 g/mol. The second-order valence-corrected chi connectivity index (χ2v) is 6.21. The third-order valence-electron chi connectivity index (χ3n) is 2.29. The maximum atomic E-state index is 11.6. The van der Waals surface area contributed by atoms with Crippen molar-refractivity contribution in [2.75, 3.05) is 6.54 Å². The van der Waals surface area contributed by atoms with Gasteiger partial charge in [0.05, 0.1) is 5.25 Å². The summed E-state index contributed by atoms with van der Waals surface area (Å²) >= 11 is 1.24. The summed E-state index contributed by atoms with van der Waals surface area (Å²) in [6.07, 6.45) is 1.59. The van der Waals surface area contributed by atoms with Gasteiger partial charge >= 0.3 is 5.97 Å². The number of carboxylic acids is 1. The summed E-state index contributed by atoms with van der Waals surface area (Å²) < 4.78 is -0.712. The smallest absolute Gasteiger partial charge is 0.321 e. The number of hydrogen-bond donors (Lipinski definition) is 3. The number of thioether (sulfide) groups is 1. The Morgan fingerprint density at radius 2 is 2.12 bits per heavy atom. The minimum atomic E-state index is -1.07. The van der Waals surface area contributed by atoms with Crippen LogP contribution in [0.25, 0.3) is 0 Å². The summed E-state index contributed by atoms with van der Waals surface area (Å²) in [4.78, 5) is 22.4. The van der Waals surface area contributed by atoms with E-state index in [-0.39, 0.29) is 11.2 Å². The van der Waals surface area contributed by atoms with Gasteiger partial charge in [-0.05, 0) is 20.8 Å². The Morgan fingerprint density at radius 3 is 2.53 bits per heavy atom. The molecule has 5 nitrogen and oxygen atoms in total. The van der Waals surface area contributed by atoms with Crippen LogP contribution in [0.3, 0.4) is 0 Å². The summed E-state index contributed by atoms with van der Waals surface area (Å²) in [5.74, 6) is -1.22. The SMILES string of the molecule is C=CCNC(=O)C(C)SC(C)(C)[C@H](N)C(=O)O. The number of carbonyl (C=O) groups excluding carboxylic acids is 1. The van der Waals surface area contributed by atoms with E-state index in [1.54, 1.807) is 26.8 Å². The van der Waals surface area contributed by atoms with Gasteiger partial charge in [0.2, 0.25) is 5.91 Å². The van der Waals surface area contributed by atoms with Crippen LogP contribution >= 0.6 is 11.8 Å². The van der Waals surface area contributed by atoms with Gasteiger partial charge in [0.25, 0.3) is 0 Å². The van der Waals surface area contributed by atoms with Gasteiger partial charge < -0.3 is 16.2 Å². The lowest BCUT2D eigenvalue weighted by molar-refractivity contribution is -0.139. The number of carbonyl (C=O) groups is 2. The molecule has 0 heterocycles. The standard InChI is InChI=1S/C11H20N2O3S/c1-5-6-13-9(14)7(2)17-11(3,4)8(12)10(15)16/h5,7-8H,1,6,12H2,2-4H3,(H,13,14)(H,15,16)/t7?,8-/m1/s1. The molecule has 0 aromatic rings. The van der Waals surface area contributed by atoms with Gasteiger partial charge in [0.1, 0.15) is 6.04 Å². The van der Waals surface area contributed by atoms with Crippen molar-refractivity contribution in [1.29, 1.82) is 0 Å². The summed E-state index contributed by atoms with van der Waals surface area (Å²) in [6, 6.07) is -1.01. The fourth-order valence-electron chi connectivity index (χ4n) is 1.20. The van der Waals surface area contributed by atoms with Crippen LogP contribution < -0.4 is 11.1 Å². The van der Waals surface area contributed by atoms with E-state index in [9.17, 15) is 9.59 Å². The van der Waals surface area contributed by atoms with Gasteiger partial charge in [0.15, 0.2) is 0 Å². The number of rotatable bonds is 7. The van der Waals surface area contributed by atoms with Crippen molar-refractivity contribution >= 4 is 23.6 Å². The van der Waals surface area contributed by atoms with E-state index in [1.165, 1.54) is 11.8 Å². The first-order valence-electron chi connectivity index (χ1n) is 5.27. The average Bonchev–Trinajstić information content (AvgIpc) is 2.23.